The molecule has 0 unspecified atom stereocenters. The van der Waals surface area contributed by atoms with Gasteiger partial charge in [0, 0.05) is 0 Å². The Morgan fingerprint density at radius 1 is 1.14 bits per heavy atom. The van der Waals surface area contributed by atoms with Crippen LogP contribution in [0.2, 0.25) is 0 Å². The molecule has 2 N–H and O–H groups in total. The predicted octanol–water partition coefficient (Wildman–Crippen LogP) is -1.27. The fourth-order valence-electron chi connectivity index (χ4n) is 0. The fraction of sp³-hybridized carbons (Fsp3) is 1.00. The van der Waals surface area contributed by atoms with Gasteiger partial charge in [-0.15, -0.1) is 0 Å². The van der Waals surface area contributed by atoms with E-state index in [-0.39, 0.29) is 13.2 Å². The van der Waals surface area contributed by atoms with Crippen LogP contribution in [0.1, 0.15) is 0 Å². The molecule has 42 valence electrons. The number of aliphatic hydroxyl groups excluding tert-OH is 2. The second-order valence-electron chi connectivity index (χ2n) is 0.531. The van der Waals surface area contributed by atoms with Crippen LogP contribution in [0.5, 0.6) is 0 Å². The molecule has 0 saturated carbocycles. The summed E-state index contributed by atoms with van der Waals surface area (Å²) in [4.78, 5) is 0. The zero-order valence-electron chi connectivity index (χ0n) is 3.63. The van der Waals surface area contributed by atoms with Crippen LogP contribution in [0.4, 0.5) is 0 Å². The molecule has 0 atom stereocenters. The minimum atomic E-state index is -2.00. The van der Waals surface area contributed by atoms with Crippen LogP contribution in [0.15, 0.2) is 0 Å². The first-order chi connectivity index (χ1) is 3.33. The second kappa shape index (κ2) is 16.3. The summed E-state index contributed by atoms with van der Waals surface area (Å²) < 4.78 is 17.0. The molecule has 0 aromatic carbocycles. The molecule has 4 nitrogen and oxygen atoms in total. The van der Waals surface area contributed by atoms with E-state index in [1.807, 2.05) is 0 Å². The SMILES string of the molecule is OCCO.[O]=[Ti]=[O]. The molecule has 0 aliphatic rings. The van der Waals surface area contributed by atoms with Gasteiger partial charge in [0.25, 0.3) is 0 Å². The number of hydrogen-bond donors (Lipinski definition) is 2. The Labute approximate surface area is 49.7 Å². The van der Waals surface area contributed by atoms with Gasteiger partial charge < -0.3 is 10.2 Å². The molecule has 0 bridgehead atoms. The van der Waals surface area contributed by atoms with Gasteiger partial charge in [0.2, 0.25) is 0 Å². The van der Waals surface area contributed by atoms with Crippen molar-refractivity contribution in [2.45, 2.75) is 0 Å². The van der Waals surface area contributed by atoms with Crippen LogP contribution in [0, 0.1) is 0 Å². The third kappa shape index (κ3) is 73.4. The monoisotopic (exact) mass is 142 g/mol. The molecular formula is C2H6O4Ti. The van der Waals surface area contributed by atoms with Crippen LogP contribution in [-0.4, -0.2) is 23.4 Å². The summed E-state index contributed by atoms with van der Waals surface area (Å²) in [6.07, 6.45) is 0. The van der Waals surface area contributed by atoms with Gasteiger partial charge in [0.1, 0.15) is 0 Å². The van der Waals surface area contributed by atoms with Gasteiger partial charge in [-0.2, -0.15) is 0 Å². The van der Waals surface area contributed by atoms with Crippen molar-refractivity contribution in [1.82, 2.24) is 0 Å². The summed E-state index contributed by atoms with van der Waals surface area (Å²) in [5.41, 5.74) is 0. The summed E-state index contributed by atoms with van der Waals surface area (Å²) in [5.74, 6) is 0. The average molecular weight is 142 g/mol. The summed E-state index contributed by atoms with van der Waals surface area (Å²) in [7, 11) is 0. The molecule has 0 aliphatic heterocycles. The van der Waals surface area contributed by atoms with Crippen molar-refractivity contribution in [3.8, 4) is 0 Å². The third-order valence-electron chi connectivity index (χ3n) is 0.1000. The van der Waals surface area contributed by atoms with Gasteiger partial charge in [-0.25, -0.2) is 0 Å². The Balaban J connectivity index is 0. The van der Waals surface area contributed by atoms with E-state index >= 15 is 0 Å². The molecular weight excluding hydrogens is 136 g/mol. The van der Waals surface area contributed by atoms with E-state index in [1.165, 1.54) is 0 Å². The minimum absolute atomic E-state index is 0.125. The van der Waals surface area contributed by atoms with Crippen LogP contribution < -0.4 is 0 Å². The molecule has 0 amide bonds. The van der Waals surface area contributed by atoms with Gasteiger partial charge in [-0.3, -0.25) is 0 Å². The van der Waals surface area contributed by atoms with E-state index in [2.05, 4.69) is 0 Å². The molecule has 0 saturated heterocycles. The Bertz CT molecular complexity index is 45.7. The van der Waals surface area contributed by atoms with Crippen LogP contribution in [0.3, 0.4) is 0 Å². The molecule has 0 aromatic heterocycles. The van der Waals surface area contributed by atoms with E-state index < -0.39 is 19.1 Å². The molecule has 0 rings (SSSR count). The first kappa shape index (κ1) is 10.3. The van der Waals surface area contributed by atoms with Crippen molar-refractivity contribution in [3.05, 3.63) is 0 Å². The first-order valence-corrected chi connectivity index (χ1v) is 2.82. The number of aliphatic hydroxyl groups is 2. The van der Waals surface area contributed by atoms with Crippen molar-refractivity contribution in [3.63, 3.8) is 0 Å². The molecule has 0 aliphatic carbocycles. The van der Waals surface area contributed by atoms with Gasteiger partial charge in [0.15, 0.2) is 0 Å². The molecule has 0 radical (unpaired) electrons. The van der Waals surface area contributed by atoms with Crippen molar-refractivity contribution in [2.75, 3.05) is 13.2 Å². The van der Waals surface area contributed by atoms with Crippen molar-refractivity contribution < 1.29 is 36.0 Å². The standard InChI is InChI=1S/C2H6O2.2O.Ti/c3-1-2-4;;;/h3-4H,1-2H2;;;. The van der Waals surface area contributed by atoms with E-state index in [9.17, 15) is 0 Å². The molecule has 7 heavy (non-hydrogen) atoms. The second-order valence-corrected chi connectivity index (χ2v) is 0.791. The summed E-state index contributed by atoms with van der Waals surface area (Å²) in [5, 5.41) is 15.2. The fourth-order valence-corrected chi connectivity index (χ4v) is 0. The maximum absolute atomic E-state index is 8.50. The Kier molecular flexibility index (Phi) is 23.9. The summed E-state index contributed by atoms with van der Waals surface area (Å²) >= 11 is -2.00. The van der Waals surface area contributed by atoms with Gasteiger partial charge in [0.05, 0.1) is 13.2 Å². The Morgan fingerprint density at radius 3 is 1.29 bits per heavy atom. The molecule has 0 fully saturated rings. The van der Waals surface area contributed by atoms with Crippen molar-refractivity contribution in [1.29, 1.82) is 0 Å². The topological polar surface area (TPSA) is 74.6 Å². The van der Waals surface area contributed by atoms with Gasteiger partial charge >= 0.3 is 25.7 Å². The number of rotatable bonds is 1. The third-order valence-corrected chi connectivity index (χ3v) is 0.1000. The zero-order chi connectivity index (χ0) is 6.12. The molecule has 0 spiro atoms. The molecule has 0 aromatic rings. The van der Waals surface area contributed by atoms with Crippen molar-refractivity contribution >= 4 is 0 Å². The molecule has 5 heteroatoms. The quantitative estimate of drug-likeness (QED) is 0.447. The zero-order valence-corrected chi connectivity index (χ0v) is 5.19. The predicted molar refractivity (Wildman–Crippen MR) is 15.5 cm³/mol. The van der Waals surface area contributed by atoms with Crippen molar-refractivity contribution in [2.24, 2.45) is 0 Å². The van der Waals surface area contributed by atoms with Gasteiger partial charge in [-0.1, -0.05) is 0 Å². The summed E-state index contributed by atoms with van der Waals surface area (Å²) in [6.45, 7) is -0.250. The Morgan fingerprint density at radius 2 is 1.29 bits per heavy atom. The van der Waals surface area contributed by atoms with Crippen LogP contribution in [-0.2, 0) is 25.7 Å². The first-order valence-electron chi connectivity index (χ1n) is 1.54. The number of hydrogen-bond acceptors (Lipinski definition) is 4. The average Bonchev–Trinajstić information content (AvgIpc) is 1.69. The van der Waals surface area contributed by atoms with E-state index in [0.29, 0.717) is 0 Å². The van der Waals surface area contributed by atoms with Crippen LogP contribution >= 0.6 is 0 Å². The summed E-state index contributed by atoms with van der Waals surface area (Å²) in [6, 6.07) is 0. The Hall–Kier alpha value is 0.234. The molecule has 0 heterocycles. The van der Waals surface area contributed by atoms with E-state index in [0.717, 1.165) is 0 Å². The van der Waals surface area contributed by atoms with Gasteiger partial charge in [-0.05, 0) is 0 Å². The normalized spacial score (nSPS) is 5.43. The maximum atomic E-state index is 8.50. The van der Waals surface area contributed by atoms with E-state index in [4.69, 9.17) is 16.9 Å². The van der Waals surface area contributed by atoms with Crippen LogP contribution in [0.25, 0.3) is 0 Å². The van der Waals surface area contributed by atoms with E-state index in [1.54, 1.807) is 0 Å².